The molecule has 3 aromatic carbocycles. The summed E-state index contributed by atoms with van der Waals surface area (Å²) in [4.78, 5) is 85.2. The van der Waals surface area contributed by atoms with Crippen LogP contribution >= 0.6 is 0 Å². The first kappa shape index (κ1) is 87.6. The summed E-state index contributed by atoms with van der Waals surface area (Å²) in [5, 5.41) is 11.5. The van der Waals surface area contributed by atoms with Crippen LogP contribution in [0.15, 0.2) is 119 Å². The van der Waals surface area contributed by atoms with Gasteiger partial charge < -0.3 is 82.4 Å². The van der Waals surface area contributed by atoms with Crippen LogP contribution in [0.2, 0.25) is 0 Å². The van der Waals surface area contributed by atoms with E-state index in [1.807, 2.05) is 130 Å². The van der Waals surface area contributed by atoms with Gasteiger partial charge in [-0.25, -0.2) is 14.6 Å². The number of fused-ring (bicyclic) bond motifs is 5. The maximum absolute atomic E-state index is 12.5. The Balaban J connectivity index is 0.000000200. The third-order valence-electron chi connectivity index (χ3n) is 18.4. The number of aromatic nitrogens is 4. The minimum Gasteiger partial charge on any atom is -0.497 e. The molecule has 2 amide bonds. The molecule has 3 N–H and O–H groups in total. The molecule has 600 valence electrons. The van der Waals surface area contributed by atoms with Crippen molar-refractivity contribution in [2.24, 2.45) is 0 Å². The lowest BCUT2D eigenvalue weighted by Gasteiger charge is -2.33. The number of allylic oxidation sites excluding steroid dienone is 1. The minimum absolute atomic E-state index is 0. The molecule has 28 nitrogen and oxygen atoms in total. The summed E-state index contributed by atoms with van der Waals surface area (Å²) in [5.74, 6) is 5.17. The molecule has 5 aliphatic heterocycles. The number of aldehydes is 1. The number of pyridine rings is 4. The van der Waals surface area contributed by atoms with Gasteiger partial charge in [-0.3, -0.25) is 28.3 Å². The number of hydrogen-bond donors (Lipinski definition) is 3. The third-order valence-corrected chi connectivity index (χ3v) is 19.0. The van der Waals surface area contributed by atoms with Crippen LogP contribution in [0.25, 0.3) is 27.9 Å². The van der Waals surface area contributed by atoms with Crippen LogP contribution in [0.3, 0.4) is 0 Å². The number of hydrogen-bond acceptors (Lipinski definition) is 24. The van der Waals surface area contributed by atoms with Crippen molar-refractivity contribution in [2.45, 2.75) is 150 Å². The van der Waals surface area contributed by atoms with E-state index in [9.17, 15) is 37.2 Å². The zero-order valence-corrected chi connectivity index (χ0v) is 64.5. The Hall–Kier alpha value is -9.65. The number of alkyl carbamates (subject to hydrolysis) is 2. The number of methoxy groups -OCH3 is 3. The number of carbonyl (C=O) groups excluding carboxylic acids is 4. The molecule has 0 saturated carbocycles. The predicted molar refractivity (Wildman–Crippen MR) is 424 cm³/mol. The molecule has 29 heteroatoms. The number of piperidine rings is 3. The Morgan fingerprint density at radius 1 is 0.536 bits per heavy atom. The van der Waals surface area contributed by atoms with E-state index in [0.29, 0.717) is 88.5 Å². The van der Waals surface area contributed by atoms with Crippen molar-refractivity contribution in [3.8, 4) is 40.2 Å². The molecule has 0 bridgehead atoms. The van der Waals surface area contributed by atoms with Gasteiger partial charge >= 0.3 is 12.2 Å². The summed E-state index contributed by atoms with van der Waals surface area (Å²) in [6.07, 6.45) is 13.7. The zero-order valence-electron chi connectivity index (χ0n) is 63.6. The fourth-order valence-corrected chi connectivity index (χ4v) is 13.2. The predicted octanol–water partition coefficient (Wildman–Crippen LogP) is 10.2. The summed E-state index contributed by atoms with van der Waals surface area (Å²) in [7, 11) is 1.53. The van der Waals surface area contributed by atoms with Crippen molar-refractivity contribution in [1.29, 1.82) is 0 Å². The molecule has 110 heavy (non-hydrogen) atoms. The fourth-order valence-electron chi connectivity index (χ4n) is 12.8. The molecule has 7 aromatic rings. The molecule has 0 radical (unpaired) electrons. The Morgan fingerprint density at radius 2 is 0.964 bits per heavy atom. The van der Waals surface area contributed by atoms with E-state index >= 15 is 0 Å². The number of benzene rings is 3. The van der Waals surface area contributed by atoms with Crippen molar-refractivity contribution < 1.29 is 74.4 Å². The number of nitrogens with one attached hydrogen (secondary N) is 3. The molecule has 4 aromatic heterocycles. The third kappa shape index (κ3) is 28.0. The van der Waals surface area contributed by atoms with Gasteiger partial charge in [0.1, 0.15) is 60.6 Å². The van der Waals surface area contributed by atoms with Crippen LogP contribution in [0.1, 0.15) is 122 Å². The van der Waals surface area contributed by atoms with Crippen LogP contribution < -0.4 is 60.2 Å². The molecule has 6 aliphatic rings. The number of rotatable bonds is 19. The van der Waals surface area contributed by atoms with Crippen LogP contribution in [0, 0.1) is 0 Å². The van der Waals surface area contributed by atoms with Crippen LogP contribution in [-0.4, -0.2) is 215 Å². The smallest absolute Gasteiger partial charge is 0.407 e. The second-order valence-electron chi connectivity index (χ2n) is 28.8. The SMILES string of the molecule is C.C.CC(C)(C)OC(=O)NC1CCN(CCOS(C)(=O)=O)CC1.COc1ccc2c(c1)CC(=O)C=C2.COc1ccc2ccc(=O)n(CCN3CCC(NC(=O)OC(C)(C)C)CC3)c2c1.COc1ccc2ccc(=O)n(CCN3CCC(NCc4cc5c(cn4)OCCO5)CC3)c2c1.O=Cc1cc2c(cn1)OCCO2. The molecular weight excluding hydrogens is 1430 g/mol. The average Bonchev–Trinajstić information content (AvgIpc) is 0.803. The van der Waals surface area contributed by atoms with Crippen molar-refractivity contribution in [1.82, 2.24) is 49.8 Å². The number of ketones is 1. The second kappa shape index (κ2) is 42.0. The maximum atomic E-state index is 12.5. The molecule has 9 heterocycles. The number of nitrogens with zero attached hydrogens (tertiary/aromatic N) is 7. The average molecular weight is 1550 g/mol. The standard InChI is InChI=1S/C25H30N4O4.C22H31N3O4.C13H26N2O5S.C11H10O2.C8H7NO3.2CH4/c1-31-21-4-2-18-3-5-25(30)29(22(18)15-21)11-10-28-8-6-19(7-9-28)26-16-20-14-23-24(17-27-20)33-13-12-32-23;1-22(2,3)29-21(27)23-17-9-11-24(12-10-17)13-14-25-19-15-18(28-4)7-5-16(19)6-8-20(25)26;1-13(2,3)20-12(16)14-11-5-7-15(8-6-11)9-10-19-21(4,17)18;1-13-11-5-3-8-2-4-10(12)6-9(8)7-11;10-5-6-3-7-8(4-9-6)12-2-1-11-7;;/h2-5,14-15,17,19,26H,6-13,16H2,1H3;5-8,15,17H,9-14H2,1-4H3,(H,23,27);11H,5-10H2,1-4H3,(H,14,16);2-5,7H,6H2,1H3;3-5H,1-2H2;2*1H4. The van der Waals surface area contributed by atoms with E-state index in [2.05, 4.69) is 40.6 Å². The first-order valence-corrected chi connectivity index (χ1v) is 38.4. The molecule has 3 saturated heterocycles. The molecule has 13 rings (SSSR count). The van der Waals surface area contributed by atoms with E-state index < -0.39 is 21.3 Å². The monoisotopic (exact) mass is 1540 g/mol. The topological polar surface area (TPSA) is 310 Å². The highest BCUT2D eigenvalue weighted by Crippen LogP contribution is 2.31. The van der Waals surface area contributed by atoms with Gasteiger partial charge in [-0.05, 0) is 170 Å². The summed E-state index contributed by atoms with van der Waals surface area (Å²) in [5.41, 5.74) is 4.33. The van der Waals surface area contributed by atoms with Crippen molar-refractivity contribution in [3.63, 3.8) is 0 Å². The van der Waals surface area contributed by atoms with E-state index in [1.165, 1.54) is 6.20 Å². The van der Waals surface area contributed by atoms with Crippen molar-refractivity contribution in [3.05, 3.63) is 153 Å². The first-order valence-electron chi connectivity index (χ1n) is 36.6. The van der Waals surface area contributed by atoms with Gasteiger partial charge in [-0.2, -0.15) is 8.42 Å². The Labute approximate surface area is 646 Å². The number of carbonyl (C=O) groups is 4. The van der Waals surface area contributed by atoms with E-state index in [-0.39, 0.29) is 62.6 Å². The van der Waals surface area contributed by atoms with Crippen molar-refractivity contribution in [2.75, 3.05) is 120 Å². The Bertz CT molecular complexity index is 4440. The molecule has 3 fully saturated rings. The lowest BCUT2D eigenvalue weighted by Crippen LogP contribution is -2.46. The Kier molecular flexibility index (Phi) is 33.4. The van der Waals surface area contributed by atoms with Crippen LogP contribution in [-0.2, 0) is 54.6 Å². The lowest BCUT2D eigenvalue weighted by atomic mass is 9.96. The molecule has 1 aliphatic carbocycles. The number of ether oxygens (including phenoxy) is 9. The van der Waals surface area contributed by atoms with Crippen molar-refractivity contribution >= 4 is 62.3 Å². The highest BCUT2D eigenvalue weighted by molar-refractivity contribution is 7.86. The summed E-state index contributed by atoms with van der Waals surface area (Å²) < 4.78 is 78.1. The van der Waals surface area contributed by atoms with Gasteiger partial charge in [-0.1, -0.05) is 27.0 Å². The summed E-state index contributed by atoms with van der Waals surface area (Å²) in [6.45, 7) is 23.1. The van der Waals surface area contributed by atoms with E-state index in [0.717, 1.165) is 165 Å². The Morgan fingerprint density at radius 3 is 1.43 bits per heavy atom. The van der Waals surface area contributed by atoms with E-state index in [4.69, 9.17) is 46.8 Å². The highest BCUT2D eigenvalue weighted by atomic mass is 32.2. The van der Waals surface area contributed by atoms with Gasteiger partial charge in [0.15, 0.2) is 35.1 Å². The number of amides is 2. The molecule has 0 atom stereocenters. The normalized spacial score (nSPS) is 16.0. The van der Waals surface area contributed by atoms with Gasteiger partial charge in [0.05, 0.1) is 63.3 Å². The minimum atomic E-state index is -3.37. The van der Waals surface area contributed by atoms with Gasteiger partial charge in [0, 0.05) is 126 Å². The van der Waals surface area contributed by atoms with Crippen LogP contribution in [0.4, 0.5) is 9.59 Å². The van der Waals surface area contributed by atoms with Gasteiger partial charge in [0.2, 0.25) is 0 Å². The summed E-state index contributed by atoms with van der Waals surface area (Å²) >= 11 is 0. The largest absolute Gasteiger partial charge is 0.497 e. The maximum Gasteiger partial charge on any atom is 0.407 e. The van der Waals surface area contributed by atoms with Crippen LogP contribution in [0.5, 0.6) is 40.2 Å². The van der Waals surface area contributed by atoms with Gasteiger partial charge in [-0.15, -0.1) is 0 Å². The number of likely N-dealkylation sites (tertiary alicyclic amines) is 3. The molecule has 0 spiro atoms. The molecular formula is C81H112N10O18S. The lowest BCUT2D eigenvalue weighted by molar-refractivity contribution is -0.114. The van der Waals surface area contributed by atoms with E-state index in [1.54, 1.807) is 51.8 Å². The molecule has 0 unspecified atom stereocenters. The first-order chi connectivity index (χ1) is 51.7. The zero-order chi connectivity index (χ0) is 77.4. The quantitative estimate of drug-likeness (QED) is 0.0500. The highest BCUT2D eigenvalue weighted by Gasteiger charge is 2.27. The second-order valence-corrected chi connectivity index (χ2v) is 30.4. The summed E-state index contributed by atoms with van der Waals surface area (Å²) in [6, 6.07) is 28.7. The fraction of sp³-hybridized carbons (Fsp3) is 0.506. The van der Waals surface area contributed by atoms with Gasteiger partial charge in [0.25, 0.3) is 21.2 Å².